The van der Waals surface area contributed by atoms with Crippen LogP contribution in [0.3, 0.4) is 0 Å². The highest BCUT2D eigenvalue weighted by molar-refractivity contribution is 5.13. The van der Waals surface area contributed by atoms with Crippen molar-refractivity contribution < 1.29 is 18.9 Å². The van der Waals surface area contributed by atoms with Gasteiger partial charge in [-0.3, -0.25) is 0 Å². The van der Waals surface area contributed by atoms with Gasteiger partial charge in [0.2, 0.25) is 0 Å². The summed E-state index contributed by atoms with van der Waals surface area (Å²) in [5, 5.41) is 0. The zero-order chi connectivity index (χ0) is 18.7. The molecular weight excluding hydrogens is 328 g/mol. The second-order valence-electron chi connectivity index (χ2n) is 8.22. The van der Waals surface area contributed by atoms with Gasteiger partial charge in [0.15, 0.2) is 5.79 Å². The Morgan fingerprint density at radius 1 is 1.23 bits per heavy atom. The summed E-state index contributed by atoms with van der Waals surface area (Å²) >= 11 is 0. The van der Waals surface area contributed by atoms with Crippen LogP contribution >= 0.6 is 0 Å². The quantitative estimate of drug-likeness (QED) is 0.506. The van der Waals surface area contributed by atoms with E-state index in [1.807, 2.05) is 39.0 Å². The van der Waals surface area contributed by atoms with Gasteiger partial charge in [-0.05, 0) is 50.7 Å². The van der Waals surface area contributed by atoms with Crippen LogP contribution in [-0.4, -0.2) is 36.8 Å². The van der Waals surface area contributed by atoms with Crippen LogP contribution in [0, 0.1) is 5.92 Å². The van der Waals surface area contributed by atoms with E-state index in [1.54, 1.807) is 0 Å². The Morgan fingerprint density at radius 3 is 2.58 bits per heavy atom. The van der Waals surface area contributed by atoms with Gasteiger partial charge >= 0.3 is 0 Å². The summed E-state index contributed by atoms with van der Waals surface area (Å²) in [6, 6.07) is 10.2. The van der Waals surface area contributed by atoms with Gasteiger partial charge in [0, 0.05) is 0 Å². The lowest BCUT2D eigenvalue weighted by atomic mass is 9.93. The maximum absolute atomic E-state index is 6.22. The Bertz CT molecular complexity index is 597. The molecule has 0 amide bonds. The van der Waals surface area contributed by atoms with Crippen molar-refractivity contribution in [2.24, 2.45) is 5.92 Å². The SMILES string of the molecule is C=C(C)[C@@H]1O[C@@H]1C[C@H](C)C[C@@H]1OC(C)(C)OCC1OCc1ccccc1. The third-order valence-electron chi connectivity index (χ3n) is 5.09. The van der Waals surface area contributed by atoms with E-state index in [2.05, 4.69) is 25.6 Å². The number of hydrogen-bond donors (Lipinski definition) is 0. The van der Waals surface area contributed by atoms with Crippen molar-refractivity contribution in [3.05, 3.63) is 48.0 Å². The smallest absolute Gasteiger partial charge is 0.163 e. The molecule has 0 bridgehead atoms. The molecule has 0 aromatic heterocycles. The molecule has 2 fully saturated rings. The molecule has 1 aromatic rings. The fourth-order valence-electron chi connectivity index (χ4n) is 3.64. The maximum Gasteiger partial charge on any atom is 0.163 e. The molecule has 2 saturated heterocycles. The van der Waals surface area contributed by atoms with Crippen molar-refractivity contribution >= 4 is 0 Å². The summed E-state index contributed by atoms with van der Waals surface area (Å²) in [4.78, 5) is 0. The van der Waals surface area contributed by atoms with E-state index in [0.29, 0.717) is 25.2 Å². The first-order chi connectivity index (χ1) is 12.3. The number of hydrogen-bond acceptors (Lipinski definition) is 4. The van der Waals surface area contributed by atoms with Crippen LogP contribution in [0.25, 0.3) is 0 Å². The summed E-state index contributed by atoms with van der Waals surface area (Å²) in [6.07, 6.45) is 2.51. The summed E-state index contributed by atoms with van der Waals surface area (Å²) in [7, 11) is 0. The minimum atomic E-state index is -0.562. The van der Waals surface area contributed by atoms with Crippen molar-refractivity contribution in [2.75, 3.05) is 6.61 Å². The number of benzene rings is 1. The molecule has 1 aromatic carbocycles. The van der Waals surface area contributed by atoms with Crippen LogP contribution in [0.5, 0.6) is 0 Å². The minimum absolute atomic E-state index is 0.0273. The van der Waals surface area contributed by atoms with Crippen LogP contribution in [0.15, 0.2) is 42.5 Å². The Hall–Kier alpha value is -1.20. The molecule has 4 heteroatoms. The average molecular weight is 360 g/mol. The van der Waals surface area contributed by atoms with Gasteiger partial charge in [-0.2, -0.15) is 0 Å². The fourth-order valence-corrected chi connectivity index (χ4v) is 3.64. The molecule has 4 nitrogen and oxygen atoms in total. The molecule has 0 spiro atoms. The van der Waals surface area contributed by atoms with E-state index in [-0.39, 0.29) is 18.3 Å². The van der Waals surface area contributed by atoms with Gasteiger partial charge in [-0.1, -0.05) is 43.8 Å². The molecule has 3 rings (SSSR count). The average Bonchev–Trinajstić information content (AvgIpc) is 3.34. The highest BCUT2D eigenvalue weighted by atomic mass is 16.7. The first kappa shape index (κ1) is 19.6. The number of ether oxygens (including phenoxy) is 4. The van der Waals surface area contributed by atoms with Crippen LogP contribution in [0.1, 0.15) is 46.1 Å². The largest absolute Gasteiger partial charge is 0.368 e. The van der Waals surface area contributed by atoms with Gasteiger partial charge in [0.05, 0.1) is 25.4 Å². The van der Waals surface area contributed by atoms with Crippen LogP contribution in [-0.2, 0) is 25.6 Å². The van der Waals surface area contributed by atoms with Gasteiger partial charge in [-0.25, -0.2) is 0 Å². The van der Waals surface area contributed by atoms with Crippen molar-refractivity contribution in [1.29, 1.82) is 0 Å². The van der Waals surface area contributed by atoms with E-state index in [9.17, 15) is 0 Å². The van der Waals surface area contributed by atoms with E-state index in [1.165, 1.54) is 5.56 Å². The predicted molar refractivity (Wildman–Crippen MR) is 102 cm³/mol. The molecule has 0 saturated carbocycles. The molecule has 2 heterocycles. The summed E-state index contributed by atoms with van der Waals surface area (Å²) in [5.74, 6) is -0.0705. The molecule has 2 aliphatic heterocycles. The van der Waals surface area contributed by atoms with E-state index in [0.717, 1.165) is 18.4 Å². The highest BCUT2D eigenvalue weighted by Gasteiger charge is 2.42. The molecular formula is C22H32O4. The lowest BCUT2D eigenvalue weighted by Gasteiger charge is -2.41. The first-order valence-corrected chi connectivity index (χ1v) is 9.62. The van der Waals surface area contributed by atoms with Crippen LogP contribution in [0.4, 0.5) is 0 Å². The van der Waals surface area contributed by atoms with Gasteiger partial charge in [0.25, 0.3) is 0 Å². The number of rotatable bonds is 8. The van der Waals surface area contributed by atoms with Crippen LogP contribution < -0.4 is 0 Å². The number of epoxide rings is 1. The Morgan fingerprint density at radius 2 is 1.92 bits per heavy atom. The lowest BCUT2D eigenvalue weighted by Crippen LogP contribution is -2.50. The van der Waals surface area contributed by atoms with Crippen LogP contribution in [0.2, 0.25) is 0 Å². The monoisotopic (exact) mass is 360 g/mol. The third-order valence-corrected chi connectivity index (χ3v) is 5.09. The van der Waals surface area contributed by atoms with Gasteiger partial charge in [0.1, 0.15) is 12.2 Å². The molecule has 1 unspecified atom stereocenters. The van der Waals surface area contributed by atoms with E-state index >= 15 is 0 Å². The summed E-state index contributed by atoms with van der Waals surface area (Å²) < 4.78 is 23.9. The predicted octanol–water partition coefficient (Wildman–Crippen LogP) is 4.48. The van der Waals surface area contributed by atoms with Crippen molar-refractivity contribution in [3.63, 3.8) is 0 Å². The van der Waals surface area contributed by atoms with Crippen molar-refractivity contribution in [3.8, 4) is 0 Å². The highest BCUT2D eigenvalue weighted by Crippen LogP contribution is 2.36. The second-order valence-corrected chi connectivity index (χ2v) is 8.22. The molecule has 144 valence electrons. The van der Waals surface area contributed by atoms with E-state index in [4.69, 9.17) is 18.9 Å². The third kappa shape index (κ3) is 5.40. The Labute approximate surface area is 157 Å². The Kier molecular flexibility index (Phi) is 6.18. The topological polar surface area (TPSA) is 40.2 Å². The van der Waals surface area contributed by atoms with Crippen molar-refractivity contribution in [2.45, 2.75) is 77.3 Å². The normalized spacial score (nSPS) is 31.4. The van der Waals surface area contributed by atoms with Gasteiger partial charge in [-0.15, -0.1) is 0 Å². The van der Waals surface area contributed by atoms with E-state index < -0.39 is 5.79 Å². The first-order valence-electron chi connectivity index (χ1n) is 9.62. The zero-order valence-electron chi connectivity index (χ0n) is 16.4. The fraction of sp³-hybridized carbons (Fsp3) is 0.636. The zero-order valence-corrected chi connectivity index (χ0v) is 16.4. The van der Waals surface area contributed by atoms with Crippen molar-refractivity contribution in [1.82, 2.24) is 0 Å². The standard InChI is InChI=1S/C22H32O4/c1-15(2)21-19(25-21)12-16(3)11-18-20(14-24-22(4,5)26-18)23-13-17-9-7-6-8-10-17/h6-10,16,18-21H,1,11-14H2,2-5H3/t16-,18+,19-,20?,21+/m1/s1. The molecule has 0 aliphatic carbocycles. The molecule has 0 radical (unpaired) electrons. The van der Waals surface area contributed by atoms with Gasteiger partial charge < -0.3 is 18.9 Å². The molecule has 5 atom stereocenters. The summed E-state index contributed by atoms with van der Waals surface area (Å²) in [6.45, 7) is 13.4. The minimum Gasteiger partial charge on any atom is -0.368 e. The summed E-state index contributed by atoms with van der Waals surface area (Å²) in [5.41, 5.74) is 2.29. The maximum atomic E-state index is 6.22. The lowest BCUT2D eigenvalue weighted by molar-refractivity contribution is -0.313. The Balaban J connectivity index is 1.54. The second kappa shape index (κ2) is 8.22. The molecule has 26 heavy (non-hydrogen) atoms. The molecule has 0 N–H and O–H groups in total. The molecule has 2 aliphatic rings.